The molecule has 0 unspecified atom stereocenters. The van der Waals surface area contributed by atoms with E-state index < -0.39 is 6.10 Å². The van der Waals surface area contributed by atoms with Gasteiger partial charge in [-0.2, -0.15) is 0 Å². The van der Waals surface area contributed by atoms with Gasteiger partial charge in [0.15, 0.2) is 5.78 Å². The molecule has 1 aliphatic heterocycles. The van der Waals surface area contributed by atoms with Gasteiger partial charge in [-0.1, -0.05) is 39.2 Å². The zero-order chi connectivity index (χ0) is 15.4. The highest BCUT2D eigenvalue weighted by Crippen LogP contribution is 2.41. The quantitative estimate of drug-likeness (QED) is 0.579. The monoisotopic (exact) mass is 294 g/mol. The minimum Gasteiger partial charge on any atom is -0.462 e. The van der Waals surface area contributed by atoms with E-state index in [-0.39, 0.29) is 29.7 Å². The van der Waals surface area contributed by atoms with Crippen molar-refractivity contribution in [2.24, 2.45) is 17.8 Å². The van der Waals surface area contributed by atoms with E-state index in [1.54, 1.807) is 12.2 Å². The smallest absolute Gasteiger partial charge is 0.306 e. The summed E-state index contributed by atoms with van der Waals surface area (Å²) in [5.74, 6) is 0.236. The van der Waals surface area contributed by atoms with Gasteiger partial charge < -0.3 is 9.84 Å². The summed E-state index contributed by atoms with van der Waals surface area (Å²) >= 11 is 0. The van der Waals surface area contributed by atoms with Crippen molar-refractivity contribution in [2.75, 3.05) is 0 Å². The van der Waals surface area contributed by atoms with Crippen LogP contribution < -0.4 is 0 Å². The van der Waals surface area contributed by atoms with Crippen LogP contribution in [0.15, 0.2) is 12.2 Å². The summed E-state index contributed by atoms with van der Waals surface area (Å²) in [7, 11) is 0. The van der Waals surface area contributed by atoms with E-state index in [4.69, 9.17) is 4.74 Å². The highest BCUT2D eigenvalue weighted by atomic mass is 16.6. The zero-order valence-corrected chi connectivity index (χ0v) is 13.0. The Balaban J connectivity index is 1.85. The summed E-state index contributed by atoms with van der Waals surface area (Å²) in [6.07, 6.45) is 7.52. The second kappa shape index (κ2) is 7.21. The summed E-state index contributed by atoms with van der Waals surface area (Å²) in [6.45, 7) is 4.25. The molecule has 5 atom stereocenters. The van der Waals surface area contributed by atoms with E-state index in [1.165, 1.54) is 0 Å². The number of rotatable bonds is 7. The van der Waals surface area contributed by atoms with Gasteiger partial charge in [0, 0.05) is 24.7 Å². The Labute approximate surface area is 126 Å². The number of hydrogen-bond acceptors (Lipinski definition) is 4. The molecule has 1 saturated carbocycles. The Bertz CT molecular complexity index is 415. The second-order valence-electron chi connectivity index (χ2n) is 6.55. The van der Waals surface area contributed by atoms with Crippen LogP contribution in [0.25, 0.3) is 0 Å². The molecule has 0 aromatic carbocycles. The van der Waals surface area contributed by atoms with Crippen molar-refractivity contribution in [3.8, 4) is 0 Å². The molecule has 0 aromatic heterocycles. The Morgan fingerprint density at radius 2 is 2.29 bits per heavy atom. The van der Waals surface area contributed by atoms with Crippen LogP contribution in [0.4, 0.5) is 0 Å². The predicted octanol–water partition coefficient (Wildman–Crippen LogP) is 2.64. The average molecular weight is 294 g/mol. The molecule has 0 spiro atoms. The first-order valence-corrected chi connectivity index (χ1v) is 8.09. The SMILES string of the molecule is CCCC[C@H](C)CC(=O)/C=C/[C@@H]1[C@H]2CC(=O)O[C@H]2C[C@H]1O. The summed E-state index contributed by atoms with van der Waals surface area (Å²) in [6, 6.07) is 0. The number of carbonyl (C=O) groups excluding carboxylic acids is 2. The lowest BCUT2D eigenvalue weighted by Gasteiger charge is -2.14. The maximum atomic E-state index is 12.0. The van der Waals surface area contributed by atoms with Gasteiger partial charge in [-0.05, 0) is 12.0 Å². The highest BCUT2D eigenvalue weighted by Gasteiger charge is 2.48. The van der Waals surface area contributed by atoms with Crippen molar-refractivity contribution < 1.29 is 19.4 Å². The number of carbonyl (C=O) groups is 2. The molecule has 2 rings (SSSR count). The maximum Gasteiger partial charge on any atom is 0.306 e. The Hall–Kier alpha value is -1.16. The molecule has 2 fully saturated rings. The van der Waals surface area contributed by atoms with Crippen LogP contribution in [0, 0.1) is 17.8 Å². The molecular weight excluding hydrogens is 268 g/mol. The number of unbranched alkanes of at least 4 members (excludes halogenated alkanes) is 1. The van der Waals surface area contributed by atoms with Crippen LogP contribution in [0.2, 0.25) is 0 Å². The Kier molecular flexibility index (Phi) is 5.57. The molecule has 0 bridgehead atoms. The maximum absolute atomic E-state index is 12.0. The van der Waals surface area contributed by atoms with Crippen LogP contribution in [-0.4, -0.2) is 29.1 Å². The van der Waals surface area contributed by atoms with Gasteiger partial charge in [-0.3, -0.25) is 9.59 Å². The fourth-order valence-corrected chi connectivity index (χ4v) is 3.47. The van der Waals surface area contributed by atoms with Crippen LogP contribution in [0.1, 0.15) is 52.4 Å². The Morgan fingerprint density at radius 1 is 1.52 bits per heavy atom. The van der Waals surface area contributed by atoms with Crippen molar-refractivity contribution in [1.29, 1.82) is 0 Å². The lowest BCUT2D eigenvalue weighted by atomic mass is 9.91. The standard InChI is InChI=1S/C17H26O4/c1-3-4-5-11(2)8-12(18)6-7-13-14-9-17(20)21-16(14)10-15(13)19/h6-7,11,13-16,19H,3-5,8-10H2,1-2H3/b7-6+/t11-,13+,14+,15+,16-/m0/s1. The fraction of sp³-hybridized carbons (Fsp3) is 0.765. The van der Waals surface area contributed by atoms with Gasteiger partial charge in [-0.15, -0.1) is 0 Å². The molecule has 1 aliphatic carbocycles. The van der Waals surface area contributed by atoms with E-state index in [9.17, 15) is 14.7 Å². The first-order chi connectivity index (χ1) is 10.0. The van der Waals surface area contributed by atoms with Crippen molar-refractivity contribution in [1.82, 2.24) is 0 Å². The number of ketones is 1. The van der Waals surface area contributed by atoms with Crippen molar-refractivity contribution >= 4 is 11.8 Å². The van der Waals surface area contributed by atoms with Crippen molar-refractivity contribution in [3.63, 3.8) is 0 Å². The van der Waals surface area contributed by atoms with Crippen molar-refractivity contribution in [3.05, 3.63) is 12.2 Å². The highest BCUT2D eigenvalue weighted by molar-refractivity contribution is 5.89. The average Bonchev–Trinajstić information content (AvgIpc) is 2.89. The molecule has 0 aromatic rings. The number of aliphatic hydroxyl groups excluding tert-OH is 1. The number of aliphatic hydroxyl groups is 1. The van der Waals surface area contributed by atoms with Gasteiger partial charge in [0.25, 0.3) is 0 Å². The number of esters is 1. The molecule has 4 nitrogen and oxygen atoms in total. The minimum absolute atomic E-state index is 0.0362. The first-order valence-electron chi connectivity index (χ1n) is 8.09. The van der Waals surface area contributed by atoms with Gasteiger partial charge in [0.1, 0.15) is 6.10 Å². The predicted molar refractivity (Wildman–Crippen MR) is 79.6 cm³/mol. The van der Waals surface area contributed by atoms with E-state index in [1.807, 2.05) is 0 Å². The molecule has 2 aliphatic rings. The van der Waals surface area contributed by atoms with Gasteiger partial charge in [0.2, 0.25) is 0 Å². The van der Waals surface area contributed by atoms with Gasteiger partial charge in [0.05, 0.1) is 12.5 Å². The molecule has 0 radical (unpaired) electrons. The van der Waals surface area contributed by atoms with Crippen LogP contribution >= 0.6 is 0 Å². The number of allylic oxidation sites excluding steroid dienone is 1. The minimum atomic E-state index is -0.505. The molecule has 4 heteroatoms. The van der Waals surface area contributed by atoms with Crippen molar-refractivity contribution in [2.45, 2.75) is 64.6 Å². The van der Waals surface area contributed by atoms with Crippen LogP contribution in [0.5, 0.6) is 0 Å². The van der Waals surface area contributed by atoms with Gasteiger partial charge in [-0.25, -0.2) is 0 Å². The number of ether oxygens (including phenoxy) is 1. The molecule has 1 heterocycles. The lowest BCUT2D eigenvalue weighted by molar-refractivity contribution is -0.141. The molecule has 1 saturated heterocycles. The van der Waals surface area contributed by atoms with E-state index in [0.717, 1.165) is 19.3 Å². The lowest BCUT2D eigenvalue weighted by Crippen LogP contribution is -2.18. The fourth-order valence-electron chi connectivity index (χ4n) is 3.47. The topological polar surface area (TPSA) is 63.6 Å². The number of fused-ring (bicyclic) bond motifs is 1. The molecular formula is C17H26O4. The third-order valence-corrected chi connectivity index (χ3v) is 4.68. The Morgan fingerprint density at radius 3 is 3.00 bits per heavy atom. The summed E-state index contributed by atoms with van der Waals surface area (Å²) in [5, 5.41) is 10.0. The first kappa shape index (κ1) is 16.2. The normalized spacial score (nSPS) is 33.2. The van der Waals surface area contributed by atoms with E-state index in [2.05, 4.69) is 13.8 Å². The molecule has 0 amide bonds. The zero-order valence-electron chi connectivity index (χ0n) is 13.0. The molecule has 118 valence electrons. The van der Waals surface area contributed by atoms with Crippen LogP contribution in [0.3, 0.4) is 0 Å². The molecule has 21 heavy (non-hydrogen) atoms. The van der Waals surface area contributed by atoms with Gasteiger partial charge >= 0.3 is 5.97 Å². The number of hydrogen-bond donors (Lipinski definition) is 1. The summed E-state index contributed by atoms with van der Waals surface area (Å²) in [4.78, 5) is 23.3. The molecule has 1 N–H and O–H groups in total. The van der Waals surface area contributed by atoms with E-state index in [0.29, 0.717) is 25.2 Å². The summed E-state index contributed by atoms with van der Waals surface area (Å²) < 4.78 is 5.18. The van der Waals surface area contributed by atoms with E-state index >= 15 is 0 Å². The second-order valence-corrected chi connectivity index (χ2v) is 6.55. The van der Waals surface area contributed by atoms with Crippen LogP contribution in [-0.2, 0) is 14.3 Å². The third kappa shape index (κ3) is 4.16. The largest absolute Gasteiger partial charge is 0.462 e. The third-order valence-electron chi connectivity index (χ3n) is 4.68. The summed E-state index contributed by atoms with van der Waals surface area (Å²) in [5.41, 5.74) is 0.